The van der Waals surface area contributed by atoms with E-state index in [2.05, 4.69) is 48.7 Å². The molecule has 4 heterocycles. The van der Waals surface area contributed by atoms with E-state index >= 15 is 0 Å². The molecule has 10 nitrogen and oxygen atoms in total. The van der Waals surface area contributed by atoms with Crippen LogP contribution in [0.1, 0.15) is 73.8 Å². The third-order valence-corrected chi connectivity index (χ3v) is 8.72. The molecule has 6 rings (SSSR count). The average Bonchev–Trinajstić information content (AvgIpc) is 3.51. The number of anilines is 2. The third kappa shape index (κ3) is 5.76. The van der Waals surface area contributed by atoms with Gasteiger partial charge in [-0.2, -0.15) is 0 Å². The van der Waals surface area contributed by atoms with Crippen molar-refractivity contribution in [2.75, 3.05) is 29.9 Å². The molecule has 2 fully saturated rings. The van der Waals surface area contributed by atoms with Gasteiger partial charge in [-0.3, -0.25) is 9.69 Å². The predicted octanol–water partition coefficient (Wildman–Crippen LogP) is 5.94. The molecular weight excluding hydrogens is 544 g/mol. The van der Waals surface area contributed by atoms with Crippen LogP contribution in [0, 0.1) is 11.3 Å². The minimum Gasteiger partial charge on any atom is -0.473 e. The number of nitrogens with one attached hydrogen (secondary N) is 1. The summed E-state index contributed by atoms with van der Waals surface area (Å²) in [6, 6.07) is 8.42. The fourth-order valence-electron chi connectivity index (χ4n) is 6.12. The SMILES string of the molecule is C[C@@H](Oc1nc(-c2ccc3c(c2)N(C(=O)OC(C)(C)C)C(C(C)(C)C)CN3C)cc2ncn(C3CC3)c12)C1CNC(=O)C1. The highest BCUT2D eigenvalue weighted by Gasteiger charge is 2.42. The number of imidazole rings is 1. The van der Waals surface area contributed by atoms with Crippen molar-refractivity contribution in [2.24, 2.45) is 11.3 Å². The van der Waals surface area contributed by atoms with Gasteiger partial charge in [-0.05, 0) is 64.2 Å². The lowest BCUT2D eigenvalue weighted by molar-refractivity contribution is -0.119. The second-order valence-electron chi connectivity index (χ2n) is 14.5. The van der Waals surface area contributed by atoms with Gasteiger partial charge in [0.05, 0.1) is 35.0 Å². The molecule has 0 radical (unpaired) electrons. The van der Waals surface area contributed by atoms with Gasteiger partial charge in [-0.1, -0.05) is 26.8 Å². The summed E-state index contributed by atoms with van der Waals surface area (Å²) >= 11 is 0. The van der Waals surface area contributed by atoms with Gasteiger partial charge < -0.3 is 24.3 Å². The van der Waals surface area contributed by atoms with Crippen molar-refractivity contribution >= 4 is 34.4 Å². The Bertz CT molecular complexity index is 1560. The van der Waals surface area contributed by atoms with Crippen molar-refractivity contribution in [3.63, 3.8) is 0 Å². The second-order valence-corrected chi connectivity index (χ2v) is 14.5. The number of carbonyl (C=O) groups excluding carboxylic acids is 2. The van der Waals surface area contributed by atoms with E-state index in [4.69, 9.17) is 19.4 Å². The van der Waals surface area contributed by atoms with E-state index in [0.717, 1.165) is 40.8 Å². The van der Waals surface area contributed by atoms with Crippen molar-refractivity contribution in [2.45, 2.75) is 91.5 Å². The second kappa shape index (κ2) is 10.4. The standard InChI is InChI=1S/C33H44N6O4/c1-19(21-14-28(40)34-16-21)42-30-29-24(35-18-38(29)22-10-11-22)15-23(36-30)20-9-12-25-26(13-20)39(31(41)43-33(5,6)7)27(17-37(25)8)32(2,3)4/h9,12-13,15,18-19,21-22,27H,10-11,14,16-17H2,1-8H3,(H,34,40)/t19-,21?,27?/m1/s1. The number of likely N-dealkylation sites (N-methyl/N-ethyl adjacent to an activating group) is 1. The molecule has 43 heavy (non-hydrogen) atoms. The van der Waals surface area contributed by atoms with Crippen LogP contribution in [-0.4, -0.2) is 64.4 Å². The number of ether oxygens (including phenoxy) is 2. The van der Waals surface area contributed by atoms with E-state index < -0.39 is 5.60 Å². The molecule has 3 aliphatic rings. The summed E-state index contributed by atoms with van der Waals surface area (Å²) in [4.78, 5) is 39.5. The van der Waals surface area contributed by atoms with Crippen LogP contribution in [0.3, 0.4) is 0 Å². The van der Waals surface area contributed by atoms with E-state index in [1.54, 1.807) is 0 Å². The summed E-state index contributed by atoms with van der Waals surface area (Å²) in [6.45, 7) is 15.4. The molecule has 1 N–H and O–H groups in total. The van der Waals surface area contributed by atoms with Crippen LogP contribution in [-0.2, 0) is 9.53 Å². The number of benzene rings is 1. The maximum Gasteiger partial charge on any atom is 0.415 e. The van der Waals surface area contributed by atoms with Crippen LogP contribution in [0.4, 0.5) is 16.2 Å². The zero-order valence-electron chi connectivity index (χ0n) is 26.6. The van der Waals surface area contributed by atoms with Gasteiger partial charge in [0.25, 0.3) is 0 Å². The first-order valence-electron chi connectivity index (χ1n) is 15.4. The molecule has 1 aromatic carbocycles. The molecule has 2 unspecified atom stereocenters. The first kappa shape index (κ1) is 29.3. The Morgan fingerprint density at radius 2 is 1.84 bits per heavy atom. The predicted molar refractivity (Wildman–Crippen MR) is 168 cm³/mol. The van der Waals surface area contributed by atoms with Crippen molar-refractivity contribution in [1.29, 1.82) is 0 Å². The molecule has 1 aliphatic carbocycles. The lowest BCUT2D eigenvalue weighted by atomic mass is 9.83. The molecule has 3 atom stereocenters. The summed E-state index contributed by atoms with van der Waals surface area (Å²) in [5.41, 5.74) is 4.18. The summed E-state index contributed by atoms with van der Waals surface area (Å²) in [7, 11) is 2.06. The zero-order chi connectivity index (χ0) is 30.8. The van der Waals surface area contributed by atoms with E-state index in [1.165, 1.54) is 0 Å². The van der Waals surface area contributed by atoms with Gasteiger partial charge in [0.15, 0.2) is 0 Å². The molecular formula is C33H44N6O4. The van der Waals surface area contributed by atoms with Crippen LogP contribution in [0.15, 0.2) is 30.6 Å². The third-order valence-electron chi connectivity index (χ3n) is 8.72. The molecule has 0 bridgehead atoms. The van der Waals surface area contributed by atoms with Gasteiger partial charge in [0.2, 0.25) is 11.8 Å². The molecule has 2 amide bonds. The lowest BCUT2D eigenvalue weighted by Crippen LogP contribution is -2.57. The smallest absolute Gasteiger partial charge is 0.415 e. The number of rotatable bonds is 5. The molecule has 1 saturated carbocycles. The number of amides is 2. The maximum atomic E-state index is 13.8. The van der Waals surface area contributed by atoms with Crippen molar-refractivity contribution in [1.82, 2.24) is 19.9 Å². The maximum absolute atomic E-state index is 13.8. The van der Waals surface area contributed by atoms with Crippen LogP contribution >= 0.6 is 0 Å². The van der Waals surface area contributed by atoms with Gasteiger partial charge >= 0.3 is 6.09 Å². The number of pyridine rings is 1. The quantitative estimate of drug-likeness (QED) is 0.393. The van der Waals surface area contributed by atoms with Gasteiger partial charge in [-0.25, -0.2) is 14.8 Å². The Labute approximate surface area is 253 Å². The minimum absolute atomic E-state index is 0.0532. The summed E-state index contributed by atoms with van der Waals surface area (Å²) in [5, 5.41) is 2.92. The minimum atomic E-state index is -0.629. The summed E-state index contributed by atoms with van der Waals surface area (Å²) < 4.78 is 14.7. The van der Waals surface area contributed by atoms with Crippen molar-refractivity contribution in [3.05, 3.63) is 30.6 Å². The largest absolute Gasteiger partial charge is 0.473 e. The molecule has 0 spiro atoms. The number of hydrogen-bond acceptors (Lipinski definition) is 7. The van der Waals surface area contributed by atoms with Gasteiger partial charge in [0.1, 0.15) is 17.2 Å². The Hall–Kier alpha value is -3.82. The van der Waals surface area contributed by atoms with Crippen LogP contribution < -0.4 is 19.9 Å². The number of fused-ring (bicyclic) bond motifs is 2. The number of carbonyl (C=O) groups is 2. The van der Waals surface area contributed by atoms with E-state index in [0.29, 0.717) is 37.1 Å². The molecule has 3 aromatic rings. The number of hydrogen-bond donors (Lipinski definition) is 1. The Morgan fingerprint density at radius 3 is 2.47 bits per heavy atom. The number of nitrogens with zero attached hydrogens (tertiary/aromatic N) is 5. The Kier molecular flexibility index (Phi) is 7.09. The molecule has 10 heteroatoms. The summed E-state index contributed by atoms with van der Waals surface area (Å²) in [5.74, 6) is 0.647. The summed E-state index contributed by atoms with van der Waals surface area (Å²) in [6.07, 6.45) is 3.97. The first-order valence-corrected chi connectivity index (χ1v) is 15.4. The highest BCUT2D eigenvalue weighted by molar-refractivity contribution is 5.96. The van der Waals surface area contributed by atoms with Crippen LogP contribution in [0.25, 0.3) is 22.3 Å². The van der Waals surface area contributed by atoms with E-state index in [9.17, 15) is 9.59 Å². The van der Waals surface area contributed by atoms with E-state index in [-0.39, 0.29) is 35.5 Å². The molecule has 2 aliphatic heterocycles. The average molecular weight is 589 g/mol. The highest BCUT2D eigenvalue weighted by atomic mass is 16.6. The van der Waals surface area contributed by atoms with Crippen LogP contribution in [0.5, 0.6) is 5.88 Å². The fraction of sp³-hybridized carbons (Fsp3) is 0.576. The van der Waals surface area contributed by atoms with Crippen molar-refractivity contribution < 1.29 is 19.1 Å². The fourth-order valence-corrected chi connectivity index (χ4v) is 6.12. The number of aromatic nitrogens is 3. The van der Waals surface area contributed by atoms with Gasteiger partial charge in [-0.15, -0.1) is 0 Å². The normalized spacial score (nSPS) is 21.5. The van der Waals surface area contributed by atoms with E-state index in [1.807, 2.05) is 57.1 Å². The first-order chi connectivity index (χ1) is 20.2. The van der Waals surface area contributed by atoms with Crippen LogP contribution in [0.2, 0.25) is 0 Å². The zero-order valence-corrected chi connectivity index (χ0v) is 26.6. The van der Waals surface area contributed by atoms with Gasteiger partial charge in [0, 0.05) is 44.1 Å². The molecule has 230 valence electrons. The highest BCUT2D eigenvalue weighted by Crippen LogP contribution is 2.44. The monoisotopic (exact) mass is 588 g/mol. The van der Waals surface area contributed by atoms with Crippen molar-refractivity contribution in [3.8, 4) is 17.1 Å². The molecule has 2 aromatic heterocycles. The Balaban J connectivity index is 1.44. The lowest BCUT2D eigenvalue weighted by Gasteiger charge is -2.47. The molecule has 1 saturated heterocycles. The topological polar surface area (TPSA) is 102 Å². The Morgan fingerprint density at radius 1 is 1.09 bits per heavy atom.